The summed E-state index contributed by atoms with van der Waals surface area (Å²) < 4.78 is 38.0. The molecule has 1 amide bonds. The summed E-state index contributed by atoms with van der Waals surface area (Å²) in [6, 6.07) is 6.42. The molecular formula is C14H12F3N3O2. The molecule has 1 aromatic heterocycles. The number of H-pyrrole nitrogens is 1. The number of aromatic amines is 1. The highest BCUT2D eigenvalue weighted by molar-refractivity contribution is 5.92. The topological polar surface area (TPSA) is 74.8 Å². The van der Waals surface area contributed by atoms with Gasteiger partial charge in [0.2, 0.25) is 0 Å². The quantitative estimate of drug-likeness (QED) is 0.913. The number of nitrogens with zero attached hydrogens (tertiary/aromatic N) is 1. The zero-order chi connectivity index (χ0) is 16.3. The van der Waals surface area contributed by atoms with Gasteiger partial charge in [-0.15, -0.1) is 0 Å². The molecule has 1 aromatic carbocycles. The maximum Gasteiger partial charge on any atom is 0.416 e. The van der Waals surface area contributed by atoms with Gasteiger partial charge in [0.25, 0.3) is 11.5 Å². The van der Waals surface area contributed by atoms with Crippen LogP contribution in [0, 0.1) is 0 Å². The van der Waals surface area contributed by atoms with Crippen molar-refractivity contribution in [2.24, 2.45) is 0 Å². The van der Waals surface area contributed by atoms with Gasteiger partial charge in [-0.3, -0.25) is 9.59 Å². The van der Waals surface area contributed by atoms with Crippen molar-refractivity contribution in [1.29, 1.82) is 0 Å². The summed E-state index contributed by atoms with van der Waals surface area (Å²) in [4.78, 5) is 22.8. The lowest BCUT2D eigenvalue weighted by atomic mass is 10.0. The van der Waals surface area contributed by atoms with Crippen LogP contribution in [-0.4, -0.2) is 16.1 Å². The van der Waals surface area contributed by atoms with Crippen LogP contribution in [0.25, 0.3) is 0 Å². The number of carbonyl (C=O) groups excluding carboxylic acids is 1. The molecule has 2 rings (SSSR count). The molecule has 0 saturated carbocycles. The summed E-state index contributed by atoms with van der Waals surface area (Å²) >= 11 is 0. The number of hydrogen-bond donors (Lipinski definition) is 2. The van der Waals surface area contributed by atoms with E-state index in [4.69, 9.17) is 0 Å². The van der Waals surface area contributed by atoms with E-state index < -0.39 is 29.2 Å². The van der Waals surface area contributed by atoms with Gasteiger partial charge in [0, 0.05) is 6.07 Å². The average molecular weight is 311 g/mol. The van der Waals surface area contributed by atoms with Gasteiger partial charge < -0.3 is 5.32 Å². The molecule has 0 aliphatic heterocycles. The van der Waals surface area contributed by atoms with Gasteiger partial charge in [0.1, 0.15) is 5.69 Å². The molecule has 0 radical (unpaired) electrons. The second-order valence-electron chi connectivity index (χ2n) is 4.62. The Morgan fingerprint density at radius 3 is 2.59 bits per heavy atom. The van der Waals surface area contributed by atoms with Crippen molar-refractivity contribution in [2.75, 3.05) is 0 Å². The van der Waals surface area contributed by atoms with Gasteiger partial charge in [-0.2, -0.15) is 18.3 Å². The van der Waals surface area contributed by atoms with Crippen LogP contribution in [0.4, 0.5) is 13.2 Å². The molecule has 0 unspecified atom stereocenters. The smallest absolute Gasteiger partial charge is 0.344 e. The van der Waals surface area contributed by atoms with Crippen molar-refractivity contribution in [1.82, 2.24) is 15.5 Å². The molecule has 0 saturated heterocycles. The fraction of sp³-hybridized carbons (Fsp3) is 0.214. The van der Waals surface area contributed by atoms with E-state index in [-0.39, 0.29) is 5.69 Å². The van der Waals surface area contributed by atoms with E-state index in [0.717, 1.165) is 18.2 Å². The Hall–Kier alpha value is -2.64. The molecule has 2 N–H and O–H groups in total. The second-order valence-corrected chi connectivity index (χ2v) is 4.62. The Morgan fingerprint density at radius 2 is 2.00 bits per heavy atom. The summed E-state index contributed by atoms with van der Waals surface area (Å²) in [5.41, 5.74) is -0.957. The monoisotopic (exact) mass is 311 g/mol. The first-order valence-corrected chi connectivity index (χ1v) is 6.31. The zero-order valence-electron chi connectivity index (χ0n) is 11.4. The molecule has 22 heavy (non-hydrogen) atoms. The first-order chi connectivity index (χ1) is 10.3. The summed E-state index contributed by atoms with van der Waals surface area (Å²) in [5.74, 6) is -0.596. The van der Waals surface area contributed by atoms with E-state index >= 15 is 0 Å². The Labute approximate surface area is 123 Å². The number of nitrogens with one attached hydrogen (secondary N) is 2. The van der Waals surface area contributed by atoms with Crippen molar-refractivity contribution in [3.63, 3.8) is 0 Å². The highest BCUT2D eigenvalue weighted by atomic mass is 19.4. The Balaban J connectivity index is 2.15. The molecule has 1 heterocycles. The van der Waals surface area contributed by atoms with Crippen molar-refractivity contribution in [3.05, 3.63) is 63.6 Å². The number of amides is 1. The normalized spacial score (nSPS) is 12.7. The third kappa shape index (κ3) is 3.72. The van der Waals surface area contributed by atoms with E-state index in [1.807, 2.05) is 0 Å². The first-order valence-electron chi connectivity index (χ1n) is 6.31. The summed E-state index contributed by atoms with van der Waals surface area (Å²) in [7, 11) is 0. The van der Waals surface area contributed by atoms with Gasteiger partial charge in [0.05, 0.1) is 11.6 Å². The predicted octanol–water partition coefficient (Wildman–Crippen LogP) is 2.28. The van der Waals surface area contributed by atoms with Crippen molar-refractivity contribution >= 4 is 5.91 Å². The predicted molar refractivity (Wildman–Crippen MR) is 72.2 cm³/mol. The van der Waals surface area contributed by atoms with Crippen LogP contribution >= 0.6 is 0 Å². The van der Waals surface area contributed by atoms with Crippen molar-refractivity contribution in [2.45, 2.75) is 19.1 Å². The first kappa shape index (κ1) is 15.7. The molecule has 5 nitrogen and oxygen atoms in total. The Morgan fingerprint density at radius 1 is 1.27 bits per heavy atom. The SMILES string of the molecule is C[C@H](NC(=O)c1ccc(=O)[nH]n1)c1cccc(C(F)(F)F)c1. The average Bonchev–Trinajstić information content (AvgIpc) is 2.47. The van der Waals surface area contributed by atoms with Crippen LogP contribution in [0.3, 0.4) is 0 Å². The fourth-order valence-corrected chi connectivity index (χ4v) is 1.81. The van der Waals surface area contributed by atoms with Crippen molar-refractivity contribution < 1.29 is 18.0 Å². The maximum atomic E-state index is 12.7. The minimum Gasteiger partial charge on any atom is -0.344 e. The molecule has 0 spiro atoms. The van der Waals surface area contributed by atoms with Gasteiger partial charge >= 0.3 is 6.18 Å². The van der Waals surface area contributed by atoms with E-state index in [1.165, 1.54) is 18.2 Å². The molecule has 0 aliphatic rings. The maximum absolute atomic E-state index is 12.7. The lowest BCUT2D eigenvalue weighted by molar-refractivity contribution is -0.137. The van der Waals surface area contributed by atoms with E-state index in [0.29, 0.717) is 5.56 Å². The van der Waals surface area contributed by atoms with Crippen molar-refractivity contribution in [3.8, 4) is 0 Å². The number of halogens is 3. The second kappa shape index (κ2) is 6.00. The number of benzene rings is 1. The van der Waals surface area contributed by atoms with E-state index in [9.17, 15) is 22.8 Å². The van der Waals surface area contributed by atoms with Gasteiger partial charge in [0.15, 0.2) is 0 Å². The fourth-order valence-electron chi connectivity index (χ4n) is 1.81. The highest BCUT2D eigenvalue weighted by Gasteiger charge is 2.30. The Kier molecular flexibility index (Phi) is 4.30. The van der Waals surface area contributed by atoms with Crippen LogP contribution in [0.15, 0.2) is 41.2 Å². The molecule has 0 fully saturated rings. The minimum absolute atomic E-state index is 0.0292. The van der Waals surface area contributed by atoms with Crippen LogP contribution in [0.1, 0.15) is 34.6 Å². The third-order valence-electron chi connectivity index (χ3n) is 2.97. The largest absolute Gasteiger partial charge is 0.416 e. The molecule has 1 atom stereocenters. The van der Waals surface area contributed by atoms with Crippen LogP contribution in [0.2, 0.25) is 0 Å². The highest BCUT2D eigenvalue weighted by Crippen LogP contribution is 2.30. The molecular weight excluding hydrogens is 299 g/mol. The number of rotatable bonds is 3. The molecule has 0 bridgehead atoms. The summed E-state index contributed by atoms with van der Waals surface area (Å²) in [6.45, 7) is 1.55. The van der Waals surface area contributed by atoms with E-state index in [1.54, 1.807) is 6.92 Å². The minimum atomic E-state index is -4.44. The van der Waals surface area contributed by atoms with Gasteiger partial charge in [-0.1, -0.05) is 12.1 Å². The number of alkyl halides is 3. The van der Waals surface area contributed by atoms with Crippen LogP contribution in [0.5, 0.6) is 0 Å². The Bertz CT molecular complexity index is 720. The number of carbonyl (C=O) groups is 1. The summed E-state index contributed by atoms with van der Waals surface area (Å²) in [6.07, 6.45) is -4.44. The molecule has 2 aromatic rings. The number of aromatic nitrogens is 2. The lowest BCUT2D eigenvalue weighted by Gasteiger charge is -2.15. The standard InChI is InChI=1S/C14H12F3N3O2/c1-8(9-3-2-4-10(7-9)14(15,16)17)18-13(22)11-5-6-12(21)20-19-11/h2-8H,1H3,(H,18,22)(H,20,21)/t8-/m0/s1. The van der Waals surface area contributed by atoms with Crippen LogP contribution < -0.4 is 10.9 Å². The third-order valence-corrected chi connectivity index (χ3v) is 2.97. The number of hydrogen-bond acceptors (Lipinski definition) is 3. The molecule has 8 heteroatoms. The van der Waals surface area contributed by atoms with E-state index in [2.05, 4.69) is 15.5 Å². The van der Waals surface area contributed by atoms with Gasteiger partial charge in [-0.25, -0.2) is 5.10 Å². The van der Waals surface area contributed by atoms with Crippen LogP contribution in [-0.2, 0) is 6.18 Å². The lowest BCUT2D eigenvalue weighted by Crippen LogP contribution is -2.28. The summed E-state index contributed by atoms with van der Waals surface area (Å²) in [5, 5.41) is 8.18. The zero-order valence-corrected chi connectivity index (χ0v) is 11.4. The van der Waals surface area contributed by atoms with Gasteiger partial charge in [-0.05, 0) is 30.7 Å². The molecule has 116 valence electrons. The molecule has 0 aliphatic carbocycles.